The fraction of sp³-hybridized carbons (Fsp3) is 0.333. The molecule has 0 bridgehead atoms. The largest absolute Gasteiger partial charge is 0.423 e. The first-order valence-corrected chi connectivity index (χ1v) is 3.04. The van der Waals surface area contributed by atoms with Gasteiger partial charge in [-0.2, -0.15) is 13.2 Å². The maximum atomic E-state index is 12.0. The first-order valence-electron chi connectivity index (χ1n) is 3.04. The van der Waals surface area contributed by atoms with E-state index in [1.54, 1.807) is 0 Å². The molecule has 12 heavy (non-hydrogen) atoms. The maximum Gasteiger partial charge on any atom is 0.423 e. The van der Waals surface area contributed by atoms with Gasteiger partial charge in [0.25, 0.3) is 5.56 Å². The van der Waals surface area contributed by atoms with Gasteiger partial charge in [-0.3, -0.25) is 4.79 Å². The van der Waals surface area contributed by atoms with E-state index >= 15 is 0 Å². The van der Waals surface area contributed by atoms with Crippen molar-refractivity contribution in [2.24, 2.45) is 0 Å². The third-order valence-corrected chi connectivity index (χ3v) is 1.33. The van der Waals surface area contributed by atoms with Crippen LogP contribution in [0.1, 0.15) is 11.3 Å². The molecule has 1 rings (SSSR count). The minimum absolute atomic E-state index is 0.314. The molecular formula is C6H5F3N2O. The molecule has 0 aliphatic heterocycles. The molecule has 3 nitrogen and oxygen atoms in total. The van der Waals surface area contributed by atoms with Gasteiger partial charge in [-0.1, -0.05) is 0 Å². The topological polar surface area (TPSA) is 45.8 Å². The van der Waals surface area contributed by atoms with Crippen LogP contribution < -0.4 is 5.56 Å². The SMILES string of the molecule is Cc1nc[nH]c(=O)c1C(F)(F)F. The summed E-state index contributed by atoms with van der Waals surface area (Å²) < 4.78 is 36.1. The molecule has 1 N–H and O–H groups in total. The molecule has 66 valence electrons. The molecule has 0 saturated carbocycles. The summed E-state index contributed by atoms with van der Waals surface area (Å²) in [5, 5.41) is 0. The van der Waals surface area contributed by atoms with Crippen LogP contribution >= 0.6 is 0 Å². The van der Waals surface area contributed by atoms with Crippen molar-refractivity contribution in [3.05, 3.63) is 27.9 Å². The number of nitrogens with one attached hydrogen (secondary N) is 1. The van der Waals surface area contributed by atoms with Crippen LogP contribution in [0.5, 0.6) is 0 Å². The van der Waals surface area contributed by atoms with Gasteiger partial charge >= 0.3 is 6.18 Å². The van der Waals surface area contributed by atoms with Crippen molar-refractivity contribution >= 4 is 0 Å². The van der Waals surface area contributed by atoms with E-state index in [-0.39, 0.29) is 5.69 Å². The molecular weight excluding hydrogens is 173 g/mol. The fourth-order valence-corrected chi connectivity index (χ4v) is 0.823. The highest BCUT2D eigenvalue weighted by atomic mass is 19.4. The Balaban J connectivity index is 3.42. The Bertz CT molecular complexity index is 341. The highest BCUT2D eigenvalue weighted by Gasteiger charge is 2.36. The summed E-state index contributed by atoms with van der Waals surface area (Å²) in [5.41, 5.74) is -2.70. The third-order valence-electron chi connectivity index (χ3n) is 1.33. The quantitative estimate of drug-likeness (QED) is 0.646. The number of halogens is 3. The molecule has 1 aromatic heterocycles. The predicted octanol–water partition coefficient (Wildman–Crippen LogP) is 1.10. The van der Waals surface area contributed by atoms with Crippen molar-refractivity contribution in [1.82, 2.24) is 9.97 Å². The maximum absolute atomic E-state index is 12.0. The van der Waals surface area contributed by atoms with Crippen LogP contribution in [0.4, 0.5) is 13.2 Å². The number of nitrogens with zero attached hydrogens (tertiary/aromatic N) is 1. The summed E-state index contributed by atoms with van der Waals surface area (Å²) in [5.74, 6) is 0. The monoisotopic (exact) mass is 178 g/mol. The van der Waals surface area contributed by atoms with Crippen molar-refractivity contribution in [3.8, 4) is 0 Å². The van der Waals surface area contributed by atoms with Crippen LogP contribution in [-0.4, -0.2) is 9.97 Å². The predicted molar refractivity (Wildman–Crippen MR) is 34.6 cm³/mol. The molecule has 0 radical (unpaired) electrons. The molecule has 0 aliphatic carbocycles. The normalized spacial score (nSPS) is 11.7. The summed E-state index contributed by atoms with van der Waals surface area (Å²) in [6.07, 6.45) is -3.70. The Morgan fingerprint density at radius 3 is 2.42 bits per heavy atom. The molecule has 0 atom stereocenters. The molecule has 0 unspecified atom stereocenters. The van der Waals surface area contributed by atoms with E-state index < -0.39 is 17.3 Å². The second-order valence-corrected chi connectivity index (χ2v) is 2.19. The summed E-state index contributed by atoms with van der Waals surface area (Å²) >= 11 is 0. The van der Waals surface area contributed by atoms with Gasteiger partial charge in [-0.15, -0.1) is 0 Å². The van der Waals surface area contributed by atoms with E-state index in [1.807, 2.05) is 4.98 Å². The number of aryl methyl sites for hydroxylation is 1. The van der Waals surface area contributed by atoms with E-state index in [4.69, 9.17) is 0 Å². The third kappa shape index (κ3) is 1.46. The summed E-state index contributed by atoms with van der Waals surface area (Å²) in [6.45, 7) is 1.14. The average molecular weight is 178 g/mol. The van der Waals surface area contributed by atoms with Crippen LogP contribution in [0.3, 0.4) is 0 Å². The van der Waals surface area contributed by atoms with Crippen LogP contribution in [0, 0.1) is 6.92 Å². The van der Waals surface area contributed by atoms with E-state index in [1.165, 1.54) is 0 Å². The molecule has 0 aromatic carbocycles. The van der Waals surface area contributed by atoms with Crippen molar-refractivity contribution in [3.63, 3.8) is 0 Å². The average Bonchev–Trinajstić information content (AvgIpc) is 1.82. The number of hydrogen-bond donors (Lipinski definition) is 1. The highest BCUT2D eigenvalue weighted by molar-refractivity contribution is 5.17. The Morgan fingerprint density at radius 1 is 1.50 bits per heavy atom. The van der Waals surface area contributed by atoms with Gasteiger partial charge < -0.3 is 4.98 Å². The molecule has 1 heterocycles. The molecule has 0 spiro atoms. The van der Waals surface area contributed by atoms with Gasteiger partial charge in [-0.25, -0.2) is 4.98 Å². The zero-order chi connectivity index (χ0) is 9.35. The van der Waals surface area contributed by atoms with Crippen LogP contribution in [0.2, 0.25) is 0 Å². The minimum Gasteiger partial charge on any atom is -0.313 e. The van der Waals surface area contributed by atoms with Crippen molar-refractivity contribution in [2.75, 3.05) is 0 Å². The Labute approximate surface area is 65.3 Å². The summed E-state index contributed by atoms with van der Waals surface area (Å²) in [4.78, 5) is 15.9. The van der Waals surface area contributed by atoms with Crippen molar-refractivity contribution in [1.29, 1.82) is 0 Å². The Morgan fingerprint density at radius 2 is 2.08 bits per heavy atom. The lowest BCUT2D eigenvalue weighted by molar-refractivity contribution is -0.139. The number of aromatic nitrogens is 2. The highest BCUT2D eigenvalue weighted by Crippen LogP contribution is 2.27. The first-order chi connectivity index (χ1) is 5.43. The first kappa shape index (κ1) is 8.76. The number of hydrogen-bond acceptors (Lipinski definition) is 2. The van der Waals surface area contributed by atoms with Gasteiger partial charge in [0.15, 0.2) is 0 Å². The molecule has 0 aliphatic rings. The number of rotatable bonds is 0. The number of H-pyrrole nitrogens is 1. The second-order valence-electron chi connectivity index (χ2n) is 2.19. The Hall–Kier alpha value is -1.33. The standard InChI is InChI=1S/C6H5F3N2O/c1-3-4(6(7,8)9)5(12)11-2-10-3/h2H,1H3,(H,10,11,12). The lowest BCUT2D eigenvalue weighted by Crippen LogP contribution is -2.23. The van der Waals surface area contributed by atoms with Crippen LogP contribution in [-0.2, 0) is 6.18 Å². The molecule has 0 amide bonds. The van der Waals surface area contributed by atoms with E-state index in [0.717, 1.165) is 13.3 Å². The van der Waals surface area contributed by atoms with Crippen molar-refractivity contribution in [2.45, 2.75) is 13.1 Å². The van der Waals surface area contributed by atoms with Gasteiger partial charge in [0, 0.05) is 0 Å². The van der Waals surface area contributed by atoms with Crippen LogP contribution in [0.25, 0.3) is 0 Å². The zero-order valence-corrected chi connectivity index (χ0v) is 6.07. The van der Waals surface area contributed by atoms with Gasteiger partial charge in [0.2, 0.25) is 0 Å². The Kier molecular flexibility index (Phi) is 1.91. The zero-order valence-electron chi connectivity index (χ0n) is 6.07. The van der Waals surface area contributed by atoms with Gasteiger partial charge in [-0.05, 0) is 6.92 Å². The molecule has 0 saturated heterocycles. The number of alkyl halides is 3. The van der Waals surface area contributed by atoms with E-state index in [2.05, 4.69) is 4.98 Å². The minimum atomic E-state index is -4.63. The molecule has 0 fully saturated rings. The molecule has 6 heteroatoms. The lowest BCUT2D eigenvalue weighted by atomic mass is 10.2. The molecule has 1 aromatic rings. The number of aromatic amines is 1. The van der Waals surface area contributed by atoms with E-state index in [0.29, 0.717) is 0 Å². The lowest BCUT2D eigenvalue weighted by Gasteiger charge is -2.06. The second kappa shape index (κ2) is 2.62. The smallest absolute Gasteiger partial charge is 0.313 e. The van der Waals surface area contributed by atoms with Crippen LogP contribution in [0.15, 0.2) is 11.1 Å². The van der Waals surface area contributed by atoms with E-state index in [9.17, 15) is 18.0 Å². The summed E-state index contributed by atoms with van der Waals surface area (Å²) in [6, 6.07) is 0. The fourth-order valence-electron chi connectivity index (χ4n) is 0.823. The van der Waals surface area contributed by atoms with Gasteiger partial charge in [0.1, 0.15) is 5.56 Å². The van der Waals surface area contributed by atoms with Gasteiger partial charge in [0.05, 0.1) is 12.0 Å². The van der Waals surface area contributed by atoms with Crippen molar-refractivity contribution < 1.29 is 13.2 Å². The summed E-state index contributed by atoms with van der Waals surface area (Å²) in [7, 11) is 0.